The molecule has 30 heavy (non-hydrogen) atoms. The van der Waals surface area contributed by atoms with Crippen LogP contribution in [0, 0.1) is 0 Å². The second-order valence-electron chi connectivity index (χ2n) is 7.76. The summed E-state index contributed by atoms with van der Waals surface area (Å²) in [6, 6.07) is 19.7. The maximum absolute atomic E-state index is 12.6. The van der Waals surface area contributed by atoms with Gasteiger partial charge in [0.2, 0.25) is 0 Å². The Morgan fingerprint density at radius 2 is 1.53 bits per heavy atom. The number of Topliss-reactive ketones (excluding diaryl/α,β-unsaturated/α-hetero) is 1. The van der Waals surface area contributed by atoms with Crippen LogP contribution in [0.4, 0.5) is 0 Å². The third-order valence-electron chi connectivity index (χ3n) is 5.37. The number of rotatable bonds is 10. The van der Waals surface area contributed by atoms with Crippen LogP contribution in [0.15, 0.2) is 60.7 Å². The van der Waals surface area contributed by atoms with Crippen molar-refractivity contribution in [1.82, 2.24) is 0 Å². The summed E-state index contributed by atoms with van der Waals surface area (Å²) in [5.41, 5.74) is 2.24. The topological polar surface area (TPSA) is 96.2 Å². The Hall–Kier alpha value is -2.09. The van der Waals surface area contributed by atoms with Crippen LogP contribution in [0.2, 0.25) is 0 Å². The number of carbonyl (C=O) groups excluding carboxylic acids is 1. The van der Waals surface area contributed by atoms with Gasteiger partial charge in [-0.1, -0.05) is 60.7 Å². The van der Waals surface area contributed by atoms with Gasteiger partial charge in [0.15, 0.2) is 6.29 Å². The highest BCUT2D eigenvalue weighted by molar-refractivity contribution is 5.79. The van der Waals surface area contributed by atoms with Crippen molar-refractivity contribution >= 4 is 5.78 Å². The van der Waals surface area contributed by atoms with Crippen LogP contribution in [0.1, 0.15) is 30.4 Å². The van der Waals surface area contributed by atoms with Crippen LogP contribution in [0.3, 0.4) is 0 Å². The Bertz CT molecular complexity index is 766. The van der Waals surface area contributed by atoms with E-state index in [9.17, 15) is 20.1 Å². The first-order valence-corrected chi connectivity index (χ1v) is 10.4. The van der Waals surface area contributed by atoms with Gasteiger partial charge in [-0.3, -0.25) is 4.79 Å². The van der Waals surface area contributed by atoms with Crippen LogP contribution in [-0.4, -0.2) is 58.4 Å². The van der Waals surface area contributed by atoms with E-state index in [2.05, 4.69) is 0 Å². The summed E-state index contributed by atoms with van der Waals surface area (Å²) in [5.74, 6) is 0.0720. The van der Waals surface area contributed by atoms with Crippen LogP contribution in [-0.2, 0) is 27.1 Å². The summed E-state index contributed by atoms with van der Waals surface area (Å²) in [6.45, 7) is -0.129. The molecule has 2 aromatic carbocycles. The number of ketones is 1. The molecule has 2 aromatic rings. The molecule has 1 aliphatic rings. The fraction of sp³-hybridized carbons (Fsp3) is 0.458. The molecule has 1 heterocycles. The molecule has 1 fully saturated rings. The SMILES string of the molecule is O=C(CCc1ccccc1)C[C@H](CCc1ccccc1)O[C@@H]1OC[C@@H](O)[C@H](O)[C@H]1O. The average Bonchev–Trinajstić information content (AvgIpc) is 2.78. The zero-order chi connectivity index (χ0) is 21.3. The van der Waals surface area contributed by atoms with E-state index in [4.69, 9.17) is 9.47 Å². The summed E-state index contributed by atoms with van der Waals surface area (Å²) < 4.78 is 11.3. The Kier molecular flexibility index (Phi) is 8.54. The van der Waals surface area contributed by atoms with Gasteiger partial charge in [-0.05, 0) is 30.4 Å². The van der Waals surface area contributed by atoms with Crippen LogP contribution >= 0.6 is 0 Å². The predicted octanol–water partition coefficient (Wildman–Crippen LogP) is 2.04. The highest BCUT2D eigenvalue weighted by atomic mass is 16.7. The summed E-state index contributed by atoms with van der Waals surface area (Å²) in [7, 11) is 0. The predicted molar refractivity (Wildman–Crippen MR) is 112 cm³/mol. The van der Waals surface area contributed by atoms with Gasteiger partial charge in [-0.25, -0.2) is 0 Å². The first kappa shape index (κ1) is 22.6. The van der Waals surface area contributed by atoms with Crippen molar-refractivity contribution in [2.24, 2.45) is 0 Å². The molecule has 162 valence electrons. The number of aliphatic hydroxyl groups is 3. The molecule has 0 unspecified atom stereocenters. The van der Waals surface area contributed by atoms with Gasteiger partial charge in [0.05, 0.1) is 12.7 Å². The molecule has 0 radical (unpaired) electrons. The Balaban J connectivity index is 1.58. The lowest BCUT2D eigenvalue weighted by Crippen LogP contribution is -2.54. The fourth-order valence-corrected chi connectivity index (χ4v) is 3.56. The molecule has 6 nitrogen and oxygen atoms in total. The lowest BCUT2D eigenvalue weighted by Gasteiger charge is -2.36. The molecule has 1 saturated heterocycles. The number of hydrogen-bond donors (Lipinski definition) is 3. The number of aryl methyl sites for hydroxylation is 2. The molecule has 0 aromatic heterocycles. The quantitative estimate of drug-likeness (QED) is 0.551. The number of hydrogen-bond acceptors (Lipinski definition) is 6. The Labute approximate surface area is 177 Å². The fourth-order valence-electron chi connectivity index (χ4n) is 3.56. The molecule has 0 bridgehead atoms. The summed E-state index contributed by atoms with van der Waals surface area (Å²) in [5, 5.41) is 29.7. The highest BCUT2D eigenvalue weighted by Crippen LogP contribution is 2.22. The third kappa shape index (κ3) is 6.72. The molecule has 3 N–H and O–H groups in total. The minimum Gasteiger partial charge on any atom is -0.388 e. The normalized spacial score (nSPS) is 25.0. The standard InChI is InChI=1S/C24H30O6/c25-19(13-11-17-7-3-1-4-8-17)15-20(14-12-18-9-5-2-6-10-18)30-24-23(28)22(27)21(26)16-29-24/h1-10,20-24,26-28H,11-16H2/t20-,21+,22-,23+,24-/m0/s1. The molecule has 0 aliphatic carbocycles. The number of carbonyl (C=O) groups is 1. The van der Waals surface area contributed by atoms with Crippen molar-refractivity contribution in [3.05, 3.63) is 71.8 Å². The van der Waals surface area contributed by atoms with E-state index in [1.807, 2.05) is 60.7 Å². The molecule has 0 spiro atoms. The summed E-state index contributed by atoms with van der Waals surface area (Å²) >= 11 is 0. The van der Waals surface area contributed by atoms with Gasteiger partial charge < -0.3 is 24.8 Å². The summed E-state index contributed by atoms with van der Waals surface area (Å²) in [6.07, 6.45) is -2.84. The molecule has 3 rings (SSSR count). The smallest absolute Gasteiger partial charge is 0.186 e. The largest absolute Gasteiger partial charge is 0.388 e. The van der Waals surface area contributed by atoms with E-state index < -0.39 is 30.7 Å². The molecule has 6 heteroatoms. The molecule has 5 atom stereocenters. The van der Waals surface area contributed by atoms with Gasteiger partial charge in [0.25, 0.3) is 0 Å². The second-order valence-corrected chi connectivity index (χ2v) is 7.76. The lowest BCUT2D eigenvalue weighted by molar-refractivity contribution is -0.282. The average molecular weight is 414 g/mol. The number of ether oxygens (including phenoxy) is 2. The zero-order valence-electron chi connectivity index (χ0n) is 17.0. The Morgan fingerprint density at radius 3 is 2.17 bits per heavy atom. The van der Waals surface area contributed by atoms with Gasteiger partial charge in [0.1, 0.15) is 24.1 Å². The summed E-state index contributed by atoms with van der Waals surface area (Å²) in [4.78, 5) is 12.6. The molecular weight excluding hydrogens is 384 g/mol. The monoisotopic (exact) mass is 414 g/mol. The molecular formula is C24H30O6. The lowest BCUT2D eigenvalue weighted by atomic mass is 9.99. The van der Waals surface area contributed by atoms with Crippen LogP contribution in [0.5, 0.6) is 0 Å². The number of benzene rings is 2. The highest BCUT2D eigenvalue weighted by Gasteiger charge is 2.39. The minimum absolute atomic E-state index is 0.0720. The van der Waals surface area contributed by atoms with Crippen molar-refractivity contribution in [2.75, 3.05) is 6.61 Å². The molecule has 1 aliphatic heterocycles. The van der Waals surface area contributed by atoms with E-state index in [0.717, 1.165) is 11.1 Å². The first-order chi connectivity index (χ1) is 14.5. The van der Waals surface area contributed by atoms with Gasteiger partial charge in [-0.15, -0.1) is 0 Å². The third-order valence-corrected chi connectivity index (χ3v) is 5.37. The van der Waals surface area contributed by atoms with Crippen molar-refractivity contribution in [1.29, 1.82) is 0 Å². The van der Waals surface area contributed by atoms with Gasteiger partial charge in [0, 0.05) is 12.8 Å². The van der Waals surface area contributed by atoms with Crippen LogP contribution in [0.25, 0.3) is 0 Å². The van der Waals surface area contributed by atoms with E-state index in [1.165, 1.54) is 0 Å². The maximum atomic E-state index is 12.6. The van der Waals surface area contributed by atoms with E-state index in [1.54, 1.807) is 0 Å². The zero-order valence-corrected chi connectivity index (χ0v) is 17.0. The van der Waals surface area contributed by atoms with Gasteiger partial charge in [-0.2, -0.15) is 0 Å². The van der Waals surface area contributed by atoms with Crippen molar-refractivity contribution < 1.29 is 29.6 Å². The van der Waals surface area contributed by atoms with E-state index in [0.29, 0.717) is 25.7 Å². The number of aliphatic hydroxyl groups excluding tert-OH is 3. The Morgan fingerprint density at radius 1 is 0.933 bits per heavy atom. The maximum Gasteiger partial charge on any atom is 0.186 e. The van der Waals surface area contributed by atoms with Crippen LogP contribution < -0.4 is 0 Å². The van der Waals surface area contributed by atoms with Crippen molar-refractivity contribution in [2.45, 2.75) is 62.8 Å². The van der Waals surface area contributed by atoms with Crippen molar-refractivity contribution in [3.8, 4) is 0 Å². The first-order valence-electron chi connectivity index (χ1n) is 10.4. The van der Waals surface area contributed by atoms with Crippen molar-refractivity contribution in [3.63, 3.8) is 0 Å². The van der Waals surface area contributed by atoms with E-state index in [-0.39, 0.29) is 18.8 Å². The molecule has 0 saturated carbocycles. The molecule has 0 amide bonds. The van der Waals surface area contributed by atoms with Gasteiger partial charge >= 0.3 is 0 Å². The van der Waals surface area contributed by atoms with E-state index >= 15 is 0 Å². The second kappa shape index (κ2) is 11.3. The minimum atomic E-state index is -1.37.